The molecule has 2 rings (SSSR count). The maximum absolute atomic E-state index is 12.0. The highest BCUT2D eigenvalue weighted by molar-refractivity contribution is 6.42. The standard InChI is InChI=1S/C17H15Cl2NO4/c1-2-23-17(22)12-5-3-4-6-15(12)24-10-16(21)20-11-7-8-13(18)14(19)9-11/h3-9H,2,10H2,1H3,(H,20,21). The highest BCUT2D eigenvalue weighted by Gasteiger charge is 2.14. The monoisotopic (exact) mass is 367 g/mol. The molecule has 0 saturated heterocycles. The molecule has 2 aromatic carbocycles. The van der Waals surface area contributed by atoms with Crippen LogP contribution in [-0.2, 0) is 9.53 Å². The molecule has 24 heavy (non-hydrogen) atoms. The number of rotatable bonds is 6. The molecule has 0 fully saturated rings. The van der Waals surface area contributed by atoms with Crippen LogP contribution in [0.3, 0.4) is 0 Å². The van der Waals surface area contributed by atoms with Crippen LogP contribution in [0, 0.1) is 0 Å². The zero-order valence-electron chi connectivity index (χ0n) is 12.8. The van der Waals surface area contributed by atoms with Gasteiger partial charge in [-0.3, -0.25) is 4.79 Å². The minimum absolute atomic E-state index is 0.255. The van der Waals surface area contributed by atoms with Crippen molar-refractivity contribution in [2.75, 3.05) is 18.5 Å². The van der Waals surface area contributed by atoms with Crippen LogP contribution in [-0.4, -0.2) is 25.1 Å². The van der Waals surface area contributed by atoms with Gasteiger partial charge in [0.2, 0.25) is 0 Å². The number of benzene rings is 2. The average molecular weight is 368 g/mol. The first-order chi connectivity index (χ1) is 11.5. The van der Waals surface area contributed by atoms with Gasteiger partial charge in [0.05, 0.1) is 16.7 Å². The van der Waals surface area contributed by atoms with Gasteiger partial charge in [0.1, 0.15) is 11.3 Å². The van der Waals surface area contributed by atoms with Crippen LogP contribution < -0.4 is 10.1 Å². The number of anilines is 1. The maximum atomic E-state index is 12.0. The molecule has 2 aromatic rings. The number of esters is 1. The molecule has 1 amide bonds. The van der Waals surface area contributed by atoms with E-state index in [0.29, 0.717) is 15.7 Å². The predicted octanol–water partition coefficient (Wildman–Crippen LogP) is 4.19. The van der Waals surface area contributed by atoms with Crippen molar-refractivity contribution in [1.29, 1.82) is 0 Å². The minimum atomic E-state index is -0.502. The third-order valence-electron chi connectivity index (χ3n) is 2.94. The number of hydrogen-bond acceptors (Lipinski definition) is 4. The molecular formula is C17H15Cl2NO4. The summed E-state index contributed by atoms with van der Waals surface area (Å²) >= 11 is 11.7. The van der Waals surface area contributed by atoms with Crippen LogP contribution in [0.15, 0.2) is 42.5 Å². The summed E-state index contributed by atoms with van der Waals surface area (Å²) in [5.41, 5.74) is 0.762. The van der Waals surface area contributed by atoms with Crippen molar-refractivity contribution in [1.82, 2.24) is 0 Å². The number of para-hydroxylation sites is 1. The number of nitrogens with one attached hydrogen (secondary N) is 1. The molecule has 0 heterocycles. The van der Waals surface area contributed by atoms with Crippen molar-refractivity contribution in [3.63, 3.8) is 0 Å². The van der Waals surface area contributed by atoms with E-state index in [1.54, 1.807) is 43.3 Å². The normalized spacial score (nSPS) is 10.1. The summed E-state index contributed by atoms with van der Waals surface area (Å²) in [6.07, 6.45) is 0. The predicted molar refractivity (Wildman–Crippen MR) is 93.0 cm³/mol. The Bertz CT molecular complexity index is 749. The van der Waals surface area contributed by atoms with Gasteiger partial charge in [-0.2, -0.15) is 0 Å². The SMILES string of the molecule is CCOC(=O)c1ccccc1OCC(=O)Nc1ccc(Cl)c(Cl)c1. The number of carbonyl (C=O) groups excluding carboxylic acids is 2. The minimum Gasteiger partial charge on any atom is -0.483 e. The fourth-order valence-electron chi connectivity index (χ4n) is 1.88. The highest BCUT2D eigenvalue weighted by Crippen LogP contribution is 2.25. The van der Waals surface area contributed by atoms with E-state index >= 15 is 0 Å². The van der Waals surface area contributed by atoms with E-state index in [1.807, 2.05) is 0 Å². The van der Waals surface area contributed by atoms with E-state index in [-0.39, 0.29) is 24.5 Å². The number of hydrogen-bond donors (Lipinski definition) is 1. The van der Waals surface area contributed by atoms with Crippen molar-refractivity contribution >= 4 is 40.8 Å². The summed E-state index contributed by atoms with van der Waals surface area (Å²) in [6, 6.07) is 11.3. The molecule has 0 aliphatic heterocycles. The fraction of sp³-hybridized carbons (Fsp3) is 0.176. The van der Waals surface area contributed by atoms with Crippen LogP contribution in [0.25, 0.3) is 0 Å². The quantitative estimate of drug-likeness (QED) is 0.777. The Morgan fingerprint density at radius 2 is 1.83 bits per heavy atom. The molecule has 0 saturated carbocycles. The molecule has 0 bridgehead atoms. The first-order valence-corrected chi connectivity index (χ1v) is 7.90. The van der Waals surface area contributed by atoms with E-state index in [4.69, 9.17) is 32.7 Å². The molecule has 0 atom stereocenters. The maximum Gasteiger partial charge on any atom is 0.341 e. The Labute approximate surface area is 149 Å². The molecule has 0 unspecified atom stereocenters. The lowest BCUT2D eigenvalue weighted by Gasteiger charge is -2.11. The molecule has 1 N–H and O–H groups in total. The Balaban J connectivity index is 1.99. The second kappa shape index (κ2) is 8.57. The molecule has 0 aliphatic rings. The summed E-state index contributed by atoms with van der Waals surface area (Å²) in [5.74, 6) is -0.620. The Hall–Kier alpha value is -2.24. The van der Waals surface area contributed by atoms with Crippen LogP contribution >= 0.6 is 23.2 Å². The molecule has 0 aromatic heterocycles. The van der Waals surface area contributed by atoms with Gasteiger partial charge in [0, 0.05) is 5.69 Å². The number of carbonyl (C=O) groups is 2. The molecular weight excluding hydrogens is 353 g/mol. The molecule has 5 nitrogen and oxygen atoms in total. The lowest BCUT2D eigenvalue weighted by molar-refractivity contribution is -0.118. The van der Waals surface area contributed by atoms with E-state index in [1.165, 1.54) is 6.07 Å². The summed E-state index contributed by atoms with van der Waals surface area (Å²) in [5, 5.41) is 3.36. The summed E-state index contributed by atoms with van der Waals surface area (Å²) in [7, 11) is 0. The van der Waals surface area contributed by atoms with Crippen LogP contribution in [0.2, 0.25) is 10.0 Å². The van der Waals surface area contributed by atoms with E-state index in [9.17, 15) is 9.59 Å². The average Bonchev–Trinajstić information content (AvgIpc) is 2.57. The number of halogens is 2. The molecule has 7 heteroatoms. The smallest absolute Gasteiger partial charge is 0.341 e. The Kier molecular flexibility index (Phi) is 6.46. The van der Waals surface area contributed by atoms with Crippen molar-refractivity contribution in [3.05, 3.63) is 58.1 Å². The van der Waals surface area contributed by atoms with Gasteiger partial charge in [-0.25, -0.2) is 4.79 Å². The third kappa shape index (κ3) is 4.88. The van der Waals surface area contributed by atoms with E-state index in [0.717, 1.165) is 0 Å². The zero-order valence-corrected chi connectivity index (χ0v) is 14.4. The second-order valence-corrected chi connectivity index (χ2v) is 5.50. The first kappa shape index (κ1) is 18.1. The van der Waals surface area contributed by atoms with Gasteiger partial charge in [-0.15, -0.1) is 0 Å². The van der Waals surface area contributed by atoms with Crippen molar-refractivity contribution in [2.24, 2.45) is 0 Å². The summed E-state index contributed by atoms with van der Waals surface area (Å²) in [6.45, 7) is 1.70. The van der Waals surface area contributed by atoms with Crippen molar-refractivity contribution in [2.45, 2.75) is 6.92 Å². The fourth-order valence-corrected chi connectivity index (χ4v) is 2.18. The summed E-state index contributed by atoms with van der Waals surface area (Å²) in [4.78, 5) is 23.8. The van der Waals surface area contributed by atoms with Crippen LogP contribution in [0.4, 0.5) is 5.69 Å². The molecule has 0 spiro atoms. The molecule has 126 valence electrons. The molecule has 0 radical (unpaired) electrons. The summed E-state index contributed by atoms with van der Waals surface area (Å²) < 4.78 is 10.4. The molecule has 0 aliphatic carbocycles. The largest absolute Gasteiger partial charge is 0.483 e. The number of ether oxygens (including phenoxy) is 2. The number of amides is 1. The van der Waals surface area contributed by atoms with Gasteiger partial charge in [-0.05, 0) is 37.3 Å². The lowest BCUT2D eigenvalue weighted by Crippen LogP contribution is -2.21. The second-order valence-electron chi connectivity index (χ2n) is 4.68. The third-order valence-corrected chi connectivity index (χ3v) is 3.68. The van der Waals surface area contributed by atoms with E-state index < -0.39 is 11.9 Å². The van der Waals surface area contributed by atoms with Crippen LogP contribution in [0.1, 0.15) is 17.3 Å². The first-order valence-electron chi connectivity index (χ1n) is 7.15. The van der Waals surface area contributed by atoms with Gasteiger partial charge in [0.15, 0.2) is 6.61 Å². The Morgan fingerprint density at radius 3 is 2.54 bits per heavy atom. The zero-order chi connectivity index (χ0) is 17.5. The van der Waals surface area contributed by atoms with Crippen molar-refractivity contribution < 1.29 is 19.1 Å². The van der Waals surface area contributed by atoms with Gasteiger partial charge in [0.25, 0.3) is 5.91 Å². The Morgan fingerprint density at radius 1 is 1.08 bits per heavy atom. The van der Waals surface area contributed by atoms with Crippen LogP contribution in [0.5, 0.6) is 5.75 Å². The van der Waals surface area contributed by atoms with Gasteiger partial charge in [-0.1, -0.05) is 35.3 Å². The lowest BCUT2D eigenvalue weighted by atomic mass is 10.2. The van der Waals surface area contributed by atoms with Gasteiger partial charge < -0.3 is 14.8 Å². The van der Waals surface area contributed by atoms with E-state index in [2.05, 4.69) is 5.32 Å². The van der Waals surface area contributed by atoms with Crippen molar-refractivity contribution in [3.8, 4) is 5.75 Å². The highest BCUT2D eigenvalue weighted by atomic mass is 35.5. The van der Waals surface area contributed by atoms with Gasteiger partial charge >= 0.3 is 5.97 Å². The topological polar surface area (TPSA) is 64.6 Å².